The third-order valence-corrected chi connectivity index (χ3v) is 4.85. The molecule has 1 aliphatic rings. The molecule has 1 atom stereocenters. The number of nitrogens with zero attached hydrogens (tertiary/aromatic N) is 2. The average Bonchev–Trinajstić information content (AvgIpc) is 3.26. The molecule has 1 aromatic heterocycles. The molecule has 0 radical (unpaired) electrons. The van der Waals surface area contributed by atoms with E-state index in [0.717, 1.165) is 68.1 Å². The highest BCUT2D eigenvalue weighted by Gasteiger charge is 2.24. The minimum atomic E-state index is -0.201. The van der Waals surface area contributed by atoms with Gasteiger partial charge in [0, 0.05) is 55.8 Å². The van der Waals surface area contributed by atoms with Crippen LogP contribution in [0.2, 0.25) is 0 Å². The van der Waals surface area contributed by atoms with Crippen LogP contribution >= 0.6 is 0 Å². The Morgan fingerprint density at radius 3 is 3.12 bits per heavy atom. The second kappa shape index (κ2) is 9.03. The van der Waals surface area contributed by atoms with Crippen LogP contribution in [0.5, 0.6) is 0 Å². The molecule has 1 aromatic carbocycles. The van der Waals surface area contributed by atoms with Crippen molar-refractivity contribution in [3.63, 3.8) is 0 Å². The summed E-state index contributed by atoms with van der Waals surface area (Å²) in [5.74, 6) is 1.35. The lowest BCUT2D eigenvalue weighted by Gasteiger charge is -2.21. The number of halogens is 1. The van der Waals surface area contributed by atoms with Crippen molar-refractivity contribution in [2.24, 2.45) is 10.9 Å². The number of aromatic nitrogens is 1. The number of ether oxygens (including phenoxy) is 1. The number of H-pyrrole nitrogens is 1. The molecule has 0 saturated carbocycles. The van der Waals surface area contributed by atoms with E-state index < -0.39 is 0 Å². The van der Waals surface area contributed by atoms with Crippen LogP contribution in [0.25, 0.3) is 10.9 Å². The molecule has 0 bridgehead atoms. The lowest BCUT2D eigenvalue weighted by molar-refractivity contribution is 0.114. The molecule has 1 unspecified atom stereocenters. The third-order valence-electron chi connectivity index (χ3n) is 4.85. The zero-order chi connectivity index (χ0) is 18.4. The van der Waals surface area contributed by atoms with Crippen molar-refractivity contribution in [1.29, 1.82) is 0 Å². The van der Waals surface area contributed by atoms with Crippen LogP contribution in [0, 0.1) is 11.7 Å². The van der Waals surface area contributed by atoms with Crippen LogP contribution in [-0.4, -0.2) is 55.2 Å². The summed E-state index contributed by atoms with van der Waals surface area (Å²) in [6.07, 6.45) is 3.89. The smallest absolute Gasteiger partial charge is 0.193 e. The number of nitrogens with one attached hydrogen (secondary N) is 2. The number of benzene rings is 1. The largest absolute Gasteiger partial charge is 0.381 e. The van der Waals surface area contributed by atoms with Gasteiger partial charge < -0.3 is 19.9 Å². The lowest BCUT2D eigenvalue weighted by atomic mass is 10.1. The Bertz CT molecular complexity index is 742. The molecule has 2 N–H and O–H groups in total. The number of aromatic amines is 1. The molecular formula is C20H29FN4O. The van der Waals surface area contributed by atoms with Crippen molar-refractivity contribution in [3.8, 4) is 0 Å². The van der Waals surface area contributed by atoms with Gasteiger partial charge in [-0.3, -0.25) is 4.99 Å². The van der Waals surface area contributed by atoms with Crippen molar-refractivity contribution >= 4 is 16.9 Å². The summed E-state index contributed by atoms with van der Waals surface area (Å²) in [5, 5.41) is 4.34. The number of hydrogen-bond donors (Lipinski definition) is 2. The van der Waals surface area contributed by atoms with Gasteiger partial charge in [0.25, 0.3) is 0 Å². The van der Waals surface area contributed by atoms with Crippen molar-refractivity contribution in [1.82, 2.24) is 15.2 Å². The van der Waals surface area contributed by atoms with Crippen LogP contribution in [0.3, 0.4) is 0 Å². The normalized spacial score (nSPS) is 18.0. The Hall–Kier alpha value is -2.08. The fraction of sp³-hybridized carbons (Fsp3) is 0.550. The first kappa shape index (κ1) is 18.7. The number of likely N-dealkylation sites (tertiary alicyclic amines) is 1. The topological polar surface area (TPSA) is 52.7 Å². The number of fused-ring (bicyclic) bond motifs is 1. The molecule has 2 aromatic rings. The maximum atomic E-state index is 13.5. The van der Waals surface area contributed by atoms with Crippen LogP contribution in [-0.2, 0) is 11.2 Å². The first-order chi connectivity index (χ1) is 12.7. The first-order valence-corrected chi connectivity index (χ1v) is 9.57. The highest BCUT2D eigenvalue weighted by atomic mass is 19.1. The fourth-order valence-electron chi connectivity index (χ4n) is 3.51. The second-order valence-corrected chi connectivity index (χ2v) is 6.75. The molecule has 142 valence electrons. The van der Waals surface area contributed by atoms with E-state index in [1.54, 1.807) is 12.1 Å². The molecule has 0 aliphatic carbocycles. The molecule has 5 nitrogen and oxygen atoms in total. The third kappa shape index (κ3) is 4.55. The van der Waals surface area contributed by atoms with E-state index in [4.69, 9.17) is 9.73 Å². The van der Waals surface area contributed by atoms with Crippen LogP contribution in [0.15, 0.2) is 29.4 Å². The summed E-state index contributed by atoms with van der Waals surface area (Å²) >= 11 is 0. The maximum absolute atomic E-state index is 13.5. The van der Waals surface area contributed by atoms with Crippen molar-refractivity contribution < 1.29 is 9.13 Å². The summed E-state index contributed by atoms with van der Waals surface area (Å²) in [7, 11) is 0. The molecule has 1 saturated heterocycles. The Labute approximate surface area is 154 Å². The number of guanidine groups is 1. The molecule has 6 heteroatoms. The van der Waals surface area contributed by atoms with Gasteiger partial charge in [-0.1, -0.05) is 0 Å². The highest BCUT2D eigenvalue weighted by Crippen LogP contribution is 2.20. The van der Waals surface area contributed by atoms with E-state index in [1.165, 1.54) is 6.07 Å². The highest BCUT2D eigenvalue weighted by molar-refractivity contribution is 5.83. The number of rotatable bonds is 7. The predicted octanol–water partition coefficient (Wildman–Crippen LogP) is 3.17. The molecule has 26 heavy (non-hydrogen) atoms. The minimum absolute atomic E-state index is 0.201. The average molecular weight is 360 g/mol. The van der Waals surface area contributed by atoms with Gasteiger partial charge in [-0.15, -0.1) is 0 Å². The van der Waals surface area contributed by atoms with Crippen molar-refractivity contribution in [2.45, 2.75) is 26.7 Å². The van der Waals surface area contributed by atoms with Crippen molar-refractivity contribution in [3.05, 3.63) is 35.8 Å². The van der Waals surface area contributed by atoms with E-state index in [-0.39, 0.29) is 5.82 Å². The molecule has 1 aliphatic heterocycles. The van der Waals surface area contributed by atoms with Crippen molar-refractivity contribution in [2.75, 3.05) is 39.4 Å². The molecule has 0 amide bonds. The Balaban J connectivity index is 1.61. The molecule has 3 rings (SSSR count). The zero-order valence-corrected chi connectivity index (χ0v) is 15.7. The summed E-state index contributed by atoms with van der Waals surface area (Å²) in [6.45, 7) is 9.26. The molecular weight excluding hydrogens is 331 g/mol. The molecule has 1 fully saturated rings. The number of hydrogen-bond acceptors (Lipinski definition) is 2. The van der Waals surface area contributed by atoms with Gasteiger partial charge in [-0.25, -0.2) is 4.39 Å². The first-order valence-electron chi connectivity index (χ1n) is 9.57. The monoisotopic (exact) mass is 360 g/mol. The summed E-state index contributed by atoms with van der Waals surface area (Å²) < 4.78 is 19.1. The summed E-state index contributed by atoms with van der Waals surface area (Å²) in [5.41, 5.74) is 2.07. The standard InChI is InChI=1S/C20H29FN4O/c1-3-22-20(25-10-8-15(13-25)14-26-4-2)23-9-7-16-12-24-19-6-5-17(21)11-18(16)19/h5-6,11-12,15,24H,3-4,7-10,13-14H2,1-2H3,(H,22,23). The quantitative estimate of drug-likeness (QED) is 0.589. The fourth-order valence-corrected chi connectivity index (χ4v) is 3.51. The van der Waals surface area contributed by atoms with Gasteiger partial charge in [-0.2, -0.15) is 0 Å². The van der Waals surface area contributed by atoms with E-state index in [2.05, 4.69) is 22.1 Å². The van der Waals surface area contributed by atoms with Gasteiger partial charge in [0.15, 0.2) is 5.96 Å². The van der Waals surface area contributed by atoms with E-state index >= 15 is 0 Å². The van der Waals surface area contributed by atoms with Crippen LogP contribution < -0.4 is 5.32 Å². The Morgan fingerprint density at radius 2 is 2.31 bits per heavy atom. The number of aliphatic imine (C=N–C) groups is 1. The van der Waals surface area contributed by atoms with Crippen LogP contribution in [0.4, 0.5) is 4.39 Å². The maximum Gasteiger partial charge on any atom is 0.193 e. The van der Waals surface area contributed by atoms with Gasteiger partial charge >= 0.3 is 0 Å². The lowest BCUT2D eigenvalue weighted by Crippen LogP contribution is -2.40. The summed E-state index contributed by atoms with van der Waals surface area (Å²) in [6, 6.07) is 4.86. The second-order valence-electron chi connectivity index (χ2n) is 6.75. The Morgan fingerprint density at radius 1 is 1.42 bits per heavy atom. The SMILES string of the molecule is CCNC(=NCCc1c[nH]c2ccc(F)cc12)N1CCC(COCC)C1. The molecule has 0 spiro atoms. The van der Waals surface area contributed by atoms with Crippen LogP contribution in [0.1, 0.15) is 25.8 Å². The summed E-state index contributed by atoms with van der Waals surface area (Å²) in [4.78, 5) is 10.3. The van der Waals surface area contributed by atoms with Gasteiger partial charge in [0.05, 0.1) is 6.61 Å². The minimum Gasteiger partial charge on any atom is -0.381 e. The Kier molecular flexibility index (Phi) is 6.50. The van der Waals surface area contributed by atoms with E-state index in [9.17, 15) is 4.39 Å². The van der Waals surface area contributed by atoms with Gasteiger partial charge in [-0.05, 0) is 50.5 Å². The molecule has 2 heterocycles. The van der Waals surface area contributed by atoms with E-state index in [1.807, 2.05) is 13.1 Å². The zero-order valence-electron chi connectivity index (χ0n) is 15.7. The van der Waals surface area contributed by atoms with Gasteiger partial charge in [0.1, 0.15) is 5.82 Å². The predicted molar refractivity (Wildman–Crippen MR) is 104 cm³/mol. The van der Waals surface area contributed by atoms with E-state index in [0.29, 0.717) is 12.5 Å². The van der Waals surface area contributed by atoms with Gasteiger partial charge in [0.2, 0.25) is 0 Å².